The Balaban J connectivity index is 1.71. The van der Waals surface area contributed by atoms with Gasteiger partial charge >= 0.3 is 11.6 Å². The molecule has 2 N–H and O–H groups in total. The zero-order valence-corrected chi connectivity index (χ0v) is 20.5. The predicted molar refractivity (Wildman–Crippen MR) is 140 cm³/mol. The molecule has 5 rings (SSSR count). The van der Waals surface area contributed by atoms with Crippen molar-refractivity contribution in [1.82, 2.24) is 9.55 Å². The Morgan fingerprint density at radius 2 is 1.89 bits per heavy atom. The summed E-state index contributed by atoms with van der Waals surface area (Å²) in [5.74, 6) is -0.775. The lowest BCUT2D eigenvalue weighted by atomic mass is 10.1. The van der Waals surface area contributed by atoms with Crippen molar-refractivity contribution in [2.75, 3.05) is 5.32 Å². The summed E-state index contributed by atoms with van der Waals surface area (Å²) in [5, 5.41) is 22.3. The third-order valence-electron chi connectivity index (χ3n) is 5.77. The second-order valence-corrected chi connectivity index (χ2v) is 9.24. The number of fused-ring (bicyclic) bond motifs is 2. The Morgan fingerprint density at radius 1 is 1.17 bits per heavy atom. The quantitative estimate of drug-likeness (QED) is 0.212. The number of imidazole rings is 1. The summed E-state index contributed by atoms with van der Waals surface area (Å²) >= 11 is 2.25. The Morgan fingerprint density at radius 3 is 2.54 bits per heavy atom. The zero-order chi connectivity index (χ0) is 24.7. The molecule has 0 fully saturated rings. The fourth-order valence-corrected chi connectivity index (χ4v) is 4.36. The van der Waals surface area contributed by atoms with Gasteiger partial charge in [-0.2, -0.15) is 5.26 Å². The van der Waals surface area contributed by atoms with Gasteiger partial charge in [-0.15, -0.1) is 0 Å². The lowest BCUT2D eigenvalue weighted by molar-refractivity contribution is 0.0691. The summed E-state index contributed by atoms with van der Waals surface area (Å²) in [5.41, 5.74) is 3.04. The van der Waals surface area contributed by atoms with Crippen molar-refractivity contribution >= 4 is 62.2 Å². The summed E-state index contributed by atoms with van der Waals surface area (Å²) in [6.45, 7) is 2.08. The Labute approximate surface area is 212 Å². The van der Waals surface area contributed by atoms with Crippen LogP contribution in [0.15, 0.2) is 69.9 Å². The minimum atomic E-state index is -1.33. The van der Waals surface area contributed by atoms with Crippen LogP contribution in [0.5, 0.6) is 0 Å². The van der Waals surface area contributed by atoms with Crippen molar-refractivity contribution in [2.24, 2.45) is 0 Å². The van der Waals surface area contributed by atoms with Crippen LogP contribution in [-0.2, 0) is 6.54 Å². The molecule has 0 unspecified atom stereocenters. The number of halogens is 1. The molecule has 3 aromatic carbocycles. The average Bonchev–Trinajstić information content (AvgIpc) is 3.15. The highest BCUT2D eigenvalue weighted by Gasteiger charge is 2.20. The van der Waals surface area contributed by atoms with E-state index in [0.717, 1.165) is 20.3 Å². The van der Waals surface area contributed by atoms with E-state index in [1.165, 1.54) is 0 Å². The molecule has 0 aliphatic heterocycles. The third-order valence-corrected chi connectivity index (χ3v) is 6.49. The molecule has 0 aliphatic carbocycles. The molecule has 0 amide bonds. The number of hydrogen-bond acceptors (Lipinski definition) is 6. The van der Waals surface area contributed by atoms with Gasteiger partial charge in [0, 0.05) is 20.7 Å². The van der Waals surface area contributed by atoms with Crippen molar-refractivity contribution in [3.63, 3.8) is 0 Å². The van der Waals surface area contributed by atoms with E-state index in [0.29, 0.717) is 40.1 Å². The lowest BCUT2D eigenvalue weighted by Gasteiger charge is -2.12. The number of carboxylic acid groups (broad SMARTS) is 1. The van der Waals surface area contributed by atoms with E-state index in [1.54, 1.807) is 43.3 Å². The van der Waals surface area contributed by atoms with Gasteiger partial charge in [-0.25, -0.2) is 14.6 Å². The van der Waals surface area contributed by atoms with Crippen molar-refractivity contribution < 1.29 is 14.3 Å². The molecule has 0 radical (unpaired) electrons. The summed E-state index contributed by atoms with van der Waals surface area (Å²) < 4.78 is 8.48. The number of nitrogens with zero attached hydrogens (tertiary/aromatic N) is 3. The highest BCUT2D eigenvalue weighted by molar-refractivity contribution is 14.1. The van der Waals surface area contributed by atoms with Crippen molar-refractivity contribution in [3.8, 4) is 6.07 Å². The van der Waals surface area contributed by atoms with Crippen LogP contribution in [0.2, 0.25) is 0 Å². The van der Waals surface area contributed by atoms with Gasteiger partial charge in [0.05, 0.1) is 29.2 Å². The first-order valence-corrected chi connectivity index (χ1v) is 11.6. The first-order chi connectivity index (χ1) is 16.8. The number of aryl methyl sites for hydroxylation is 1. The Bertz CT molecular complexity index is 1710. The van der Waals surface area contributed by atoms with Gasteiger partial charge in [0.25, 0.3) is 0 Å². The third kappa shape index (κ3) is 4.24. The molecule has 0 saturated carbocycles. The van der Waals surface area contributed by atoms with Crippen LogP contribution in [0.1, 0.15) is 27.0 Å². The van der Waals surface area contributed by atoms with Crippen LogP contribution < -0.4 is 10.9 Å². The van der Waals surface area contributed by atoms with E-state index >= 15 is 0 Å². The predicted octanol–water partition coefficient (Wildman–Crippen LogP) is 5.42. The van der Waals surface area contributed by atoms with Gasteiger partial charge in [-0.1, -0.05) is 12.1 Å². The second-order valence-electron chi connectivity index (χ2n) is 7.99. The number of nitriles is 1. The van der Waals surface area contributed by atoms with Gasteiger partial charge in [0.15, 0.2) is 0 Å². The van der Waals surface area contributed by atoms with Gasteiger partial charge in [-0.3, -0.25) is 0 Å². The van der Waals surface area contributed by atoms with E-state index in [2.05, 4.69) is 34.0 Å². The fourth-order valence-electron chi connectivity index (χ4n) is 4.00. The molecule has 35 heavy (non-hydrogen) atoms. The minimum Gasteiger partial charge on any atom is -0.477 e. The molecule has 0 spiro atoms. The first kappa shape index (κ1) is 22.6. The standard InChI is InChI=1S/C26H17IN4O4/c1-14-19-10-20-21(11-22(19)35-25(34)23(14)24(32)33)31(13-16-2-6-17(27)7-3-16)26(30-20)29-18-8-4-15(12-28)5-9-18/h2-11H,13H2,1H3,(H,29,30)(H,32,33). The maximum absolute atomic E-state index is 12.3. The molecule has 0 aliphatic rings. The van der Waals surface area contributed by atoms with E-state index in [1.807, 2.05) is 28.8 Å². The molecule has 2 aromatic heterocycles. The Hall–Kier alpha value is -4.17. The summed E-state index contributed by atoms with van der Waals surface area (Å²) in [6, 6.07) is 20.7. The normalized spacial score (nSPS) is 11.0. The highest BCUT2D eigenvalue weighted by Crippen LogP contribution is 2.30. The molecule has 0 bridgehead atoms. The largest absolute Gasteiger partial charge is 0.477 e. The maximum atomic E-state index is 12.3. The number of nitrogens with one attached hydrogen (secondary N) is 1. The second kappa shape index (κ2) is 8.88. The first-order valence-electron chi connectivity index (χ1n) is 10.6. The number of aromatic nitrogens is 2. The molecular formula is C26H17IN4O4. The van der Waals surface area contributed by atoms with E-state index in [4.69, 9.17) is 14.7 Å². The topological polar surface area (TPSA) is 121 Å². The molecule has 8 nitrogen and oxygen atoms in total. The van der Waals surface area contributed by atoms with E-state index in [-0.39, 0.29) is 5.56 Å². The average molecular weight is 576 g/mol. The van der Waals surface area contributed by atoms with Gasteiger partial charge in [0.2, 0.25) is 5.95 Å². The molecular weight excluding hydrogens is 559 g/mol. The van der Waals surface area contributed by atoms with Crippen molar-refractivity contribution in [3.05, 3.63) is 96.9 Å². The van der Waals surface area contributed by atoms with Crippen molar-refractivity contribution in [1.29, 1.82) is 5.26 Å². The smallest absolute Gasteiger partial charge is 0.351 e. The highest BCUT2D eigenvalue weighted by atomic mass is 127. The van der Waals surface area contributed by atoms with Crippen LogP contribution in [0.25, 0.3) is 22.0 Å². The Kier molecular flexibility index (Phi) is 5.74. The number of carbonyl (C=O) groups is 1. The van der Waals surface area contributed by atoms with Gasteiger partial charge < -0.3 is 19.4 Å². The number of aromatic carboxylic acids is 1. The fraction of sp³-hybridized carbons (Fsp3) is 0.0769. The van der Waals surface area contributed by atoms with Crippen LogP contribution in [0.4, 0.5) is 11.6 Å². The lowest BCUT2D eigenvalue weighted by Crippen LogP contribution is -2.15. The molecule has 172 valence electrons. The van der Waals surface area contributed by atoms with Gasteiger partial charge in [0.1, 0.15) is 11.1 Å². The van der Waals surface area contributed by atoms with E-state index in [9.17, 15) is 14.7 Å². The van der Waals surface area contributed by atoms with Crippen LogP contribution in [0.3, 0.4) is 0 Å². The van der Waals surface area contributed by atoms with Crippen LogP contribution in [0, 0.1) is 21.8 Å². The van der Waals surface area contributed by atoms with Gasteiger partial charge in [-0.05, 0) is 83.1 Å². The number of rotatable bonds is 5. The van der Waals surface area contributed by atoms with Crippen LogP contribution in [-0.4, -0.2) is 20.6 Å². The number of hydrogen-bond donors (Lipinski definition) is 2. The number of carboxylic acids is 1. The number of benzene rings is 3. The van der Waals surface area contributed by atoms with Crippen molar-refractivity contribution in [2.45, 2.75) is 13.5 Å². The minimum absolute atomic E-state index is 0.290. The summed E-state index contributed by atoms with van der Waals surface area (Å²) in [7, 11) is 0. The SMILES string of the molecule is Cc1c(C(=O)O)c(=O)oc2cc3c(cc12)nc(Nc1ccc(C#N)cc1)n3Cc1ccc(I)cc1. The maximum Gasteiger partial charge on any atom is 0.351 e. The number of anilines is 2. The molecule has 2 heterocycles. The van der Waals surface area contributed by atoms with Crippen LogP contribution >= 0.6 is 22.6 Å². The molecule has 9 heteroatoms. The summed E-state index contributed by atoms with van der Waals surface area (Å²) in [6.07, 6.45) is 0. The van der Waals surface area contributed by atoms with E-state index < -0.39 is 11.6 Å². The molecule has 5 aromatic rings. The summed E-state index contributed by atoms with van der Waals surface area (Å²) in [4.78, 5) is 28.7. The monoisotopic (exact) mass is 576 g/mol. The molecule has 0 atom stereocenters. The molecule has 0 saturated heterocycles. The zero-order valence-electron chi connectivity index (χ0n) is 18.4.